The maximum Gasteiger partial charge on any atom is 0.234 e. The van der Waals surface area contributed by atoms with E-state index < -0.39 is 0 Å². The van der Waals surface area contributed by atoms with Gasteiger partial charge in [-0.2, -0.15) is 4.98 Å². The van der Waals surface area contributed by atoms with Gasteiger partial charge in [0.05, 0.1) is 5.52 Å². The number of nitrogens with one attached hydrogen (secondary N) is 1. The van der Waals surface area contributed by atoms with Gasteiger partial charge in [0.25, 0.3) is 0 Å². The number of piperazine rings is 1. The van der Waals surface area contributed by atoms with Crippen LogP contribution in [0, 0.1) is 13.8 Å². The molecule has 8 heteroatoms. The van der Waals surface area contributed by atoms with Crippen LogP contribution in [0.3, 0.4) is 0 Å². The minimum atomic E-state index is -0.0288. The molecule has 3 heterocycles. The number of rotatable bonds is 3. The van der Waals surface area contributed by atoms with Gasteiger partial charge in [0.15, 0.2) is 0 Å². The first-order valence-corrected chi connectivity index (χ1v) is 9.63. The molecule has 0 unspecified atom stereocenters. The van der Waals surface area contributed by atoms with Crippen molar-refractivity contribution in [2.24, 2.45) is 0 Å². The van der Waals surface area contributed by atoms with Crippen LogP contribution in [-0.2, 0) is 0 Å². The monoisotopic (exact) mass is 394 g/mol. The fourth-order valence-electron chi connectivity index (χ4n) is 3.70. The number of fused-ring (bicyclic) bond motifs is 1. The molecule has 1 aromatic carbocycles. The van der Waals surface area contributed by atoms with Crippen molar-refractivity contribution in [3.63, 3.8) is 0 Å². The number of phenolic OH excluding ortho intramolecular Hbond substituents is 1. The second-order valence-corrected chi connectivity index (χ2v) is 8.13. The third-order valence-electron chi connectivity index (χ3n) is 5.27. The van der Waals surface area contributed by atoms with Crippen LogP contribution in [0.2, 0.25) is 0 Å². The average Bonchev–Trinajstić information content (AvgIpc) is 2.67. The molecule has 0 saturated carbocycles. The lowest BCUT2D eigenvalue weighted by atomic mass is 10.0. The zero-order valence-corrected chi connectivity index (χ0v) is 17.2. The third kappa shape index (κ3) is 3.63. The molecule has 0 bridgehead atoms. The predicted molar refractivity (Wildman–Crippen MR) is 114 cm³/mol. The van der Waals surface area contributed by atoms with E-state index in [0.29, 0.717) is 33.9 Å². The molecule has 0 atom stereocenters. The molecule has 4 N–H and O–H groups in total. The Hall–Kier alpha value is -3.13. The molecule has 4 rings (SSSR count). The number of hydrogen-bond acceptors (Lipinski definition) is 8. The fraction of sp³-hybridized carbons (Fsp3) is 0.381. The van der Waals surface area contributed by atoms with Gasteiger partial charge in [-0.15, -0.1) is 0 Å². The van der Waals surface area contributed by atoms with Crippen LogP contribution >= 0.6 is 0 Å². The van der Waals surface area contributed by atoms with Crippen LogP contribution in [0.25, 0.3) is 10.9 Å². The number of pyridine rings is 1. The van der Waals surface area contributed by atoms with E-state index in [0.717, 1.165) is 31.0 Å². The molecule has 1 fully saturated rings. The van der Waals surface area contributed by atoms with Gasteiger partial charge in [-0.05, 0) is 39.3 Å². The average molecular weight is 394 g/mol. The lowest BCUT2D eigenvalue weighted by molar-refractivity contribution is 0.351. The topological polar surface area (TPSA) is 109 Å². The molecule has 3 aromatic rings. The van der Waals surface area contributed by atoms with E-state index in [1.54, 1.807) is 6.07 Å². The minimum Gasteiger partial charge on any atom is -0.508 e. The summed E-state index contributed by atoms with van der Waals surface area (Å²) in [5.41, 5.74) is 8.32. The summed E-state index contributed by atoms with van der Waals surface area (Å²) in [5, 5.41) is 14.2. The van der Waals surface area contributed by atoms with Gasteiger partial charge in [0.2, 0.25) is 5.88 Å². The molecule has 1 saturated heterocycles. The number of aromatic hydroxyl groups is 1. The van der Waals surface area contributed by atoms with E-state index in [1.165, 1.54) is 6.33 Å². The number of benzene rings is 1. The Morgan fingerprint density at radius 2 is 2.03 bits per heavy atom. The Bertz CT molecular complexity index is 1080. The van der Waals surface area contributed by atoms with Crippen molar-refractivity contribution in [3.8, 4) is 17.4 Å². The molecule has 8 nitrogen and oxygen atoms in total. The first-order valence-electron chi connectivity index (χ1n) is 9.63. The number of phenols is 1. The van der Waals surface area contributed by atoms with Gasteiger partial charge in [-0.3, -0.25) is 0 Å². The highest BCUT2D eigenvalue weighted by molar-refractivity contribution is 5.94. The van der Waals surface area contributed by atoms with Gasteiger partial charge in [0.1, 0.15) is 34.8 Å². The number of nitrogens with two attached hydrogens (primary N) is 1. The molecule has 152 valence electrons. The summed E-state index contributed by atoms with van der Waals surface area (Å²) in [4.78, 5) is 15.5. The standard InChI is InChI=1S/C21H26N6O2/c1-12-5-6-15(28)13(2)18(12)29-20-17-14(23-11-24-19(17)22)9-16(26-20)27-8-7-25-21(3,4)10-27/h5-6,9,11,25,28H,7-8,10H2,1-4H3,(H2,22,23,24). The van der Waals surface area contributed by atoms with E-state index in [1.807, 2.05) is 26.0 Å². The van der Waals surface area contributed by atoms with Gasteiger partial charge < -0.3 is 25.8 Å². The highest BCUT2D eigenvalue weighted by atomic mass is 16.5. The van der Waals surface area contributed by atoms with Crippen LogP contribution in [-0.4, -0.2) is 45.2 Å². The van der Waals surface area contributed by atoms with Crippen LogP contribution in [0.4, 0.5) is 11.6 Å². The summed E-state index contributed by atoms with van der Waals surface area (Å²) >= 11 is 0. The summed E-state index contributed by atoms with van der Waals surface area (Å²) in [5.74, 6) is 2.14. The largest absolute Gasteiger partial charge is 0.508 e. The van der Waals surface area contributed by atoms with Crippen molar-refractivity contribution in [3.05, 3.63) is 35.7 Å². The van der Waals surface area contributed by atoms with Gasteiger partial charge in [-0.1, -0.05) is 6.07 Å². The van der Waals surface area contributed by atoms with Gasteiger partial charge >= 0.3 is 0 Å². The van der Waals surface area contributed by atoms with E-state index in [4.69, 9.17) is 15.5 Å². The normalized spacial score (nSPS) is 16.2. The molecular formula is C21H26N6O2. The Morgan fingerprint density at radius 1 is 1.24 bits per heavy atom. The molecule has 1 aliphatic heterocycles. The van der Waals surface area contributed by atoms with Gasteiger partial charge in [0, 0.05) is 36.8 Å². The summed E-state index contributed by atoms with van der Waals surface area (Å²) in [6.45, 7) is 10.5. The van der Waals surface area contributed by atoms with Crippen molar-refractivity contribution in [2.75, 3.05) is 30.3 Å². The predicted octanol–water partition coefficient (Wildman–Crippen LogP) is 2.91. The van der Waals surface area contributed by atoms with Crippen molar-refractivity contribution in [2.45, 2.75) is 33.2 Å². The van der Waals surface area contributed by atoms with Crippen molar-refractivity contribution in [1.82, 2.24) is 20.3 Å². The first-order chi connectivity index (χ1) is 13.7. The Kier molecular flexibility index (Phi) is 4.66. The van der Waals surface area contributed by atoms with E-state index >= 15 is 0 Å². The zero-order chi connectivity index (χ0) is 20.8. The second-order valence-electron chi connectivity index (χ2n) is 8.13. The van der Waals surface area contributed by atoms with Crippen molar-refractivity contribution >= 4 is 22.5 Å². The number of nitrogen functional groups attached to an aromatic ring is 1. The number of hydrogen-bond donors (Lipinski definition) is 3. The van der Waals surface area contributed by atoms with Crippen LogP contribution < -0.4 is 20.7 Å². The summed E-state index contributed by atoms with van der Waals surface area (Å²) in [7, 11) is 0. The molecule has 0 aliphatic carbocycles. The van der Waals surface area contributed by atoms with E-state index in [9.17, 15) is 5.11 Å². The number of nitrogens with zero attached hydrogens (tertiary/aromatic N) is 4. The second kappa shape index (κ2) is 7.04. The van der Waals surface area contributed by atoms with E-state index in [2.05, 4.69) is 34.0 Å². The highest BCUT2D eigenvalue weighted by Crippen LogP contribution is 2.38. The highest BCUT2D eigenvalue weighted by Gasteiger charge is 2.27. The molecule has 0 amide bonds. The molecular weight excluding hydrogens is 368 g/mol. The summed E-state index contributed by atoms with van der Waals surface area (Å²) in [6, 6.07) is 5.38. The van der Waals surface area contributed by atoms with Crippen LogP contribution in [0.5, 0.6) is 17.4 Å². The summed E-state index contributed by atoms with van der Waals surface area (Å²) < 4.78 is 6.22. The number of anilines is 2. The Balaban J connectivity index is 1.85. The quantitative estimate of drug-likeness (QED) is 0.622. The maximum absolute atomic E-state index is 10.1. The van der Waals surface area contributed by atoms with Crippen molar-refractivity contribution in [1.29, 1.82) is 0 Å². The van der Waals surface area contributed by atoms with E-state index in [-0.39, 0.29) is 11.3 Å². The zero-order valence-electron chi connectivity index (χ0n) is 17.2. The Morgan fingerprint density at radius 3 is 2.79 bits per heavy atom. The molecule has 0 spiro atoms. The number of aryl methyl sites for hydroxylation is 1. The van der Waals surface area contributed by atoms with Crippen molar-refractivity contribution < 1.29 is 9.84 Å². The fourth-order valence-corrected chi connectivity index (χ4v) is 3.70. The molecule has 0 radical (unpaired) electrons. The lowest BCUT2D eigenvalue weighted by Gasteiger charge is -2.39. The first kappa shape index (κ1) is 19.2. The molecule has 29 heavy (non-hydrogen) atoms. The maximum atomic E-state index is 10.1. The number of ether oxygens (including phenoxy) is 1. The SMILES string of the molecule is Cc1ccc(O)c(C)c1Oc1nc(N2CCNC(C)(C)C2)cc2ncnc(N)c12. The Labute approximate surface area is 169 Å². The smallest absolute Gasteiger partial charge is 0.234 e. The molecule has 1 aliphatic rings. The lowest BCUT2D eigenvalue weighted by Crippen LogP contribution is -2.57. The number of aromatic nitrogens is 3. The summed E-state index contributed by atoms with van der Waals surface area (Å²) in [6.07, 6.45) is 1.44. The molecule has 2 aromatic heterocycles. The third-order valence-corrected chi connectivity index (χ3v) is 5.27. The van der Waals surface area contributed by atoms with Crippen LogP contribution in [0.1, 0.15) is 25.0 Å². The minimum absolute atomic E-state index is 0.0288. The van der Waals surface area contributed by atoms with Crippen LogP contribution in [0.15, 0.2) is 24.5 Å². The van der Waals surface area contributed by atoms with Gasteiger partial charge in [-0.25, -0.2) is 9.97 Å².